The van der Waals surface area contributed by atoms with E-state index in [1.54, 1.807) is 0 Å². The second kappa shape index (κ2) is 6.19. The minimum atomic E-state index is 0.101. The second-order valence-corrected chi connectivity index (χ2v) is 5.57. The quantitative estimate of drug-likeness (QED) is 0.943. The molecule has 0 radical (unpaired) electrons. The SMILES string of the molecule is O=C(CNc1ccccc1Cl)N1CCc2ccccc2C1. The zero-order valence-corrected chi connectivity index (χ0v) is 12.4. The van der Waals surface area contributed by atoms with E-state index < -0.39 is 0 Å². The molecule has 0 aliphatic carbocycles. The summed E-state index contributed by atoms with van der Waals surface area (Å²) in [5, 5.41) is 3.74. The van der Waals surface area contributed by atoms with Crippen molar-refractivity contribution in [3.63, 3.8) is 0 Å². The summed E-state index contributed by atoms with van der Waals surface area (Å²) in [4.78, 5) is 14.2. The third kappa shape index (κ3) is 3.19. The van der Waals surface area contributed by atoms with Crippen molar-refractivity contribution in [3.8, 4) is 0 Å². The maximum atomic E-state index is 12.3. The molecule has 3 nitrogen and oxygen atoms in total. The van der Waals surface area contributed by atoms with Crippen LogP contribution in [0.5, 0.6) is 0 Å². The third-order valence-electron chi connectivity index (χ3n) is 3.79. The van der Waals surface area contributed by atoms with E-state index in [9.17, 15) is 4.79 Å². The van der Waals surface area contributed by atoms with Crippen molar-refractivity contribution >= 4 is 23.2 Å². The average molecular weight is 301 g/mol. The molecule has 0 aromatic heterocycles. The van der Waals surface area contributed by atoms with Crippen molar-refractivity contribution in [3.05, 3.63) is 64.7 Å². The van der Waals surface area contributed by atoms with E-state index in [4.69, 9.17) is 11.6 Å². The van der Waals surface area contributed by atoms with Crippen molar-refractivity contribution < 1.29 is 4.79 Å². The first-order chi connectivity index (χ1) is 10.2. The number of amides is 1. The normalized spacial score (nSPS) is 13.7. The molecule has 1 amide bonds. The van der Waals surface area contributed by atoms with Crippen LogP contribution in [0.25, 0.3) is 0 Å². The lowest BCUT2D eigenvalue weighted by Gasteiger charge is -2.29. The van der Waals surface area contributed by atoms with Gasteiger partial charge in [-0.15, -0.1) is 0 Å². The predicted molar refractivity (Wildman–Crippen MR) is 85.5 cm³/mol. The maximum Gasteiger partial charge on any atom is 0.242 e. The summed E-state index contributed by atoms with van der Waals surface area (Å²) < 4.78 is 0. The molecule has 3 rings (SSSR count). The van der Waals surface area contributed by atoms with Gasteiger partial charge in [0.15, 0.2) is 0 Å². The lowest BCUT2D eigenvalue weighted by molar-refractivity contribution is -0.130. The number of para-hydroxylation sites is 1. The van der Waals surface area contributed by atoms with Gasteiger partial charge in [0.25, 0.3) is 0 Å². The second-order valence-electron chi connectivity index (χ2n) is 5.17. The van der Waals surface area contributed by atoms with Gasteiger partial charge in [-0.2, -0.15) is 0 Å². The molecule has 0 bridgehead atoms. The number of carbonyl (C=O) groups excluding carboxylic acids is 1. The number of hydrogen-bond donors (Lipinski definition) is 1. The lowest BCUT2D eigenvalue weighted by atomic mass is 10.00. The van der Waals surface area contributed by atoms with Gasteiger partial charge in [0, 0.05) is 13.1 Å². The van der Waals surface area contributed by atoms with Gasteiger partial charge < -0.3 is 10.2 Å². The Morgan fingerprint density at radius 1 is 1.10 bits per heavy atom. The molecule has 0 saturated carbocycles. The molecule has 1 N–H and O–H groups in total. The van der Waals surface area contributed by atoms with Gasteiger partial charge in [-0.3, -0.25) is 4.79 Å². The first-order valence-electron chi connectivity index (χ1n) is 7.07. The summed E-state index contributed by atoms with van der Waals surface area (Å²) in [5.41, 5.74) is 3.39. The van der Waals surface area contributed by atoms with Crippen molar-refractivity contribution in [1.29, 1.82) is 0 Å². The minimum absolute atomic E-state index is 0.101. The Morgan fingerprint density at radius 2 is 1.81 bits per heavy atom. The highest BCUT2D eigenvalue weighted by molar-refractivity contribution is 6.33. The fourth-order valence-electron chi connectivity index (χ4n) is 2.60. The van der Waals surface area contributed by atoms with Crippen molar-refractivity contribution in [1.82, 2.24) is 4.90 Å². The first kappa shape index (κ1) is 14.0. The van der Waals surface area contributed by atoms with Crippen molar-refractivity contribution in [2.75, 3.05) is 18.4 Å². The Kier molecular flexibility index (Phi) is 4.11. The van der Waals surface area contributed by atoms with Crippen LogP contribution in [0.1, 0.15) is 11.1 Å². The van der Waals surface area contributed by atoms with E-state index in [0.29, 0.717) is 11.6 Å². The molecule has 1 aliphatic heterocycles. The van der Waals surface area contributed by atoms with Crippen LogP contribution in [-0.4, -0.2) is 23.9 Å². The van der Waals surface area contributed by atoms with E-state index in [1.807, 2.05) is 35.2 Å². The molecular formula is C17H17ClN2O. The number of nitrogens with zero attached hydrogens (tertiary/aromatic N) is 1. The van der Waals surface area contributed by atoms with E-state index in [-0.39, 0.29) is 12.5 Å². The largest absolute Gasteiger partial charge is 0.375 e. The molecule has 0 fully saturated rings. The summed E-state index contributed by atoms with van der Waals surface area (Å²) in [7, 11) is 0. The Hall–Kier alpha value is -2.00. The van der Waals surface area contributed by atoms with Crippen LogP contribution < -0.4 is 5.32 Å². The zero-order valence-electron chi connectivity index (χ0n) is 11.7. The summed E-state index contributed by atoms with van der Waals surface area (Å²) in [5.74, 6) is 0.101. The molecule has 0 spiro atoms. The van der Waals surface area contributed by atoms with Crippen LogP contribution in [0.3, 0.4) is 0 Å². The van der Waals surface area contributed by atoms with Gasteiger partial charge in [-0.25, -0.2) is 0 Å². The number of anilines is 1. The number of rotatable bonds is 3. The molecule has 0 saturated heterocycles. The molecule has 108 valence electrons. The van der Waals surface area contributed by atoms with Crippen LogP contribution in [0.15, 0.2) is 48.5 Å². The third-order valence-corrected chi connectivity index (χ3v) is 4.12. The zero-order chi connectivity index (χ0) is 14.7. The standard InChI is InChI=1S/C17H17ClN2O/c18-15-7-3-4-8-16(15)19-11-17(21)20-10-9-13-5-1-2-6-14(13)12-20/h1-8,19H,9-12H2. The molecule has 0 atom stereocenters. The smallest absolute Gasteiger partial charge is 0.242 e. The van der Waals surface area contributed by atoms with Crippen molar-refractivity contribution in [2.24, 2.45) is 0 Å². The van der Waals surface area contributed by atoms with Crippen LogP contribution >= 0.6 is 11.6 Å². The highest BCUT2D eigenvalue weighted by atomic mass is 35.5. The Labute approximate surface area is 129 Å². The number of fused-ring (bicyclic) bond motifs is 1. The molecule has 2 aromatic rings. The van der Waals surface area contributed by atoms with E-state index in [2.05, 4.69) is 23.5 Å². The Morgan fingerprint density at radius 3 is 2.62 bits per heavy atom. The highest BCUT2D eigenvalue weighted by Crippen LogP contribution is 2.21. The van der Waals surface area contributed by atoms with Crippen LogP contribution in [0.4, 0.5) is 5.69 Å². The number of benzene rings is 2. The summed E-state index contributed by atoms with van der Waals surface area (Å²) in [6.45, 7) is 1.74. The minimum Gasteiger partial charge on any atom is -0.375 e. The topological polar surface area (TPSA) is 32.3 Å². The summed E-state index contributed by atoms with van der Waals surface area (Å²) >= 11 is 6.07. The van der Waals surface area contributed by atoms with E-state index in [0.717, 1.165) is 18.7 Å². The van der Waals surface area contributed by atoms with E-state index >= 15 is 0 Å². The average Bonchev–Trinajstić information content (AvgIpc) is 2.53. The van der Waals surface area contributed by atoms with Gasteiger partial charge in [-0.1, -0.05) is 48.0 Å². The lowest BCUT2D eigenvalue weighted by Crippen LogP contribution is -2.39. The van der Waals surface area contributed by atoms with E-state index in [1.165, 1.54) is 11.1 Å². The highest BCUT2D eigenvalue weighted by Gasteiger charge is 2.19. The number of carbonyl (C=O) groups is 1. The predicted octanol–water partition coefficient (Wildman–Crippen LogP) is 3.34. The molecule has 4 heteroatoms. The fourth-order valence-corrected chi connectivity index (χ4v) is 2.80. The first-order valence-corrected chi connectivity index (χ1v) is 7.45. The van der Waals surface area contributed by atoms with Crippen LogP contribution in [-0.2, 0) is 17.8 Å². The number of hydrogen-bond acceptors (Lipinski definition) is 2. The molecule has 0 unspecified atom stereocenters. The number of nitrogens with one attached hydrogen (secondary N) is 1. The Balaban J connectivity index is 1.61. The van der Waals surface area contributed by atoms with Gasteiger partial charge in [0.1, 0.15) is 0 Å². The molecule has 21 heavy (non-hydrogen) atoms. The number of halogens is 1. The molecule has 2 aromatic carbocycles. The molecule has 1 heterocycles. The monoisotopic (exact) mass is 300 g/mol. The van der Waals surface area contributed by atoms with Crippen LogP contribution in [0, 0.1) is 0 Å². The van der Waals surface area contributed by atoms with Gasteiger partial charge in [0.2, 0.25) is 5.91 Å². The fraction of sp³-hybridized carbons (Fsp3) is 0.235. The Bertz CT molecular complexity index is 657. The summed E-state index contributed by atoms with van der Waals surface area (Å²) in [6.07, 6.45) is 0.925. The maximum absolute atomic E-state index is 12.3. The van der Waals surface area contributed by atoms with Crippen molar-refractivity contribution in [2.45, 2.75) is 13.0 Å². The summed E-state index contributed by atoms with van der Waals surface area (Å²) in [6, 6.07) is 15.8. The van der Waals surface area contributed by atoms with Gasteiger partial charge >= 0.3 is 0 Å². The molecule has 1 aliphatic rings. The molecular weight excluding hydrogens is 284 g/mol. The van der Waals surface area contributed by atoms with Gasteiger partial charge in [-0.05, 0) is 29.7 Å². The van der Waals surface area contributed by atoms with Gasteiger partial charge in [0.05, 0.1) is 17.3 Å². The van der Waals surface area contributed by atoms with Crippen LogP contribution in [0.2, 0.25) is 5.02 Å².